The Morgan fingerprint density at radius 3 is 2.77 bits per heavy atom. The molecule has 0 bridgehead atoms. The van der Waals surface area contributed by atoms with Crippen LogP contribution in [0.15, 0.2) is 30.5 Å². The summed E-state index contributed by atoms with van der Waals surface area (Å²) in [5, 5.41) is 7.00. The van der Waals surface area contributed by atoms with Gasteiger partial charge < -0.3 is 10.1 Å². The molecule has 0 spiro atoms. The van der Waals surface area contributed by atoms with Gasteiger partial charge >= 0.3 is 0 Å². The second kappa shape index (κ2) is 5.44. The summed E-state index contributed by atoms with van der Waals surface area (Å²) < 4.78 is 6.73. The molecule has 0 radical (unpaired) electrons. The number of aromatic nitrogens is 4. The van der Waals surface area contributed by atoms with Crippen LogP contribution in [-0.2, 0) is 0 Å². The van der Waals surface area contributed by atoms with Gasteiger partial charge in [0.1, 0.15) is 11.6 Å². The highest BCUT2D eigenvalue weighted by Crippen LogP contribution is 2.23. The lowest BCUT2D eigenvalue weighted by molar-refractivity contribution is 0.102. The van der Waals surface area contributed by atoms with Crippen molar-refractivity contribution in [1.82, 2.24) is 19.6 Å². The molecule has 0 aliphatic carbocycles. The molecule has 0 aliphatic heterocycles. The summed E-state index contributed by atoms with van der Waals surface area (Å²) >= 11 is 0. The van der Waals surface area contributed by atoms with E-state index in [1.54, 1.807) is 39.3 Å². The van der Waals surface area contributed by atoms with Crippen molar-refractivity contribution in [3.8, 4) is 5.75 Å². The third kappa shape index (κ3) is 2.48. The molecule has 2 heterocycles. The first-order valence-corrected chi connectivity index (χ1v) is 6.73. The number of carbonyl (C=O) groups excluding carboxylic acids is 1. The van der Waals surface area contributed by atoms with Crippen LogP contribution in [0.25, 0.3) is 5.78 Å². The standard InChI is InChI=1S/C15H15N5O2/c1-9-11(8-20-15(16-9)17-10(2)19-20)14(21)18-12-6-4-5-7-13(12)22-3/h4-8H,1-3H3,(H,18,21). The maximum absolute atomic E-state index is 12.5. The highest BCUT2D eigenvalue weighted by Gasteiger charge is 2.15. The summed E-state index contributed by atoms with van der Waals surface area (Å²) in [5.74, 6) is 1.40. The number of aryl methyl sites for hydroxylation is 2. The van der Waals surface area contributed by atoms with Crippen LogP contribution in [0.5, 0.6) is 5.75 Å². The Morgan fingerprint density at radius 1 is 1.23 bits per heavy atom. The highest BCUT2D eigenvalue weighted by atomic mass is 16.5. The Balaban J connectivity index is 1.96. The van der Waals surface area contributed by atoms with E-state index in [9.17, 15) is 4.79 Å². The van der Waals surface area contributed by atoms with Crippen molar-refractivity contribution in [2.75, 3.05) is 12.4 Å². The third-order valence-electron chi connectivity index (χ3n) is 3.23. The first-order chi connectivity index (χ1) is 10.6. The molecule has 112 valence electrons. The summed E-state index contributed by atoms with van der Waals surface area (Å²) in [7, 11) is 1.56. The van der Waals surface area contributed by atoms with Gasteiger partial charge in [-0.3, -0.25) is 4.79 Å². The van der Waals surface area contributed by atoms with Crippen molar-refractivity contribution >= 4 is 17.4 Å². The van der Waals surface area contributed by atoms with Crippen molar-refractivity contribution < 1.29 is 9.53 Å². The van der Waals surface area contributed by atoms with E-state index in [1.165, 1.54) is 4.52 Å². The van der Waals surface area contributed by atoms with Crippen molar-refractivity contribution in [3.63, 3.8) is 0 Å². The first-order valence-electron chi connectivity index (χ1n) is 6.73. The number of rotatable bonds is 3. The molecule has 1 N–H and O–H groups in total. The molecule has 1 amide bonds. The molecule has 0 aliphatic rings. The van der Waals surface area contributed by atoms with E-state index < -0.39 is 0 Å². The third-order valence-corrected chi connectivity index (χ3v) is 3.23. The van der Waals surface area contributed by atoms with E-state index in [0.29, 0.717) is 34.3 Å². The Bertz CT molecular complexity index is 856. The Hall–Kier alpha value is -2.96. The van der Waals surface area contributed by atoms with Crippen LogP contribution in [-0.4, -0.2) is 32.6 Å². The summed E-state index contributed by atoms with van der Waals surface area (Å²) in [4.78, 5) is 21.0. The lowest BCUT2D eigenvalue weighted by Gasteiger charge is -2.10. The summed E-state index contributed by atoms with van der Waals surface area (Å²) in [6, 6.07) is 7.22. The fraction of sp³-hybridized carbons (Fsp3) is 0.200. The second-order valence-corrected chi connectivity index (χ2v) is 4.80. The molecule has 2 aromatic heterocycles. The van der Waals surface area contributed by atoms with Crippen LogP contribution in [0.2, 0.25) is 0 Å². The maximum Gasteiger partial charge on any atom is 0.259 e. The van der Waals surface area contributed by atoms with Crippen LogP contribution in [0.3, 0.4) is 0 Å². The fourth-order valence-corrected chi connectivity index (χ4v) is 2.17. The lowest BCUT2D eigenvalue weighted by atomic mass is 10.2. The average Bonchev–Trinajstić information content (AvgIpc) is 2.85. The van der Waals surface area contributed by atoms with Crippen LogP contribution in [0.1, 0.15) is 21.9 Å². The number of para-hydroxylation sites is 2. The number of ether oxygens (including phenoxy) is 1. The Kier molecular flexibility index (Phi) is 3.46. The van der Waals surface area contributed by atoms with Gasteiger partial charge in [0.05, 0.1) is 24.1 Å². The number of carbonyl (C=O) groups is 1. The Morgan fingerprint density at radius 2 is 2.00 bits per heavy atom. The van der Waals surface area contributed by atoms with Crippen LogP contribution in [0.4, 0.5) is 5.69 Å². The van der Waals surface area contributed by atoms with Crippen molar-refractivity contribution in [1.29, 1.82) is 0 Å². The number of nitrogens with one attached hydrogen (secondary N) is 1. The largest absolute Gasteiger partial charge is 0.495 e. The summed E-state index contributed by atoms with van der Waals surface area (Å²) in [5.41, 5.74) is 1.62. The van der Waals surface area contributed by atoms with Gasteiger partial charge in [-0.2, -0.15) is 10.1 Å². The average molecular weight is 297 g/mol. The molecule has 7 heteroatoms. The Labute approximate surface area is 127 Å². The summed E-state index contributed by atoms with van der Waals surface area (Å²) in [6.07, 6.45) is 1.63. The number of hydrogen-bond donors (Lipinski definition) is 1. The van der Waals surface area contributed by atoms with E-state index in [0.717, 1.165) is 0 Å². The molecular formula is C15H15N5O2. The molecule has 1 aromatic carbocycles. The molecule has 0 saturated carbocycles. The van der Waals surface area contributed by atoms with Crippen molar-refractivity contribution in [2.45, 2.75) is 13.8 Å². The van der Waals surface area contributed by atoms with Gasteiger partial charge in [-0.1, -0.05) is 12.1 Å². The maximum atomic E-state index is 12.5. The van der Waals surface area contributed by atoms with Gasteiger partial charge in [-0.15, -0.1) is 0 Å². The smallest absolute Gasteiger partial charge is 0.259 e. The molecular weight excluding hydrogens is 282 g/mol. The first kappa shape index (κ1) is 14.0. The molecule has 3 aromatic rings. The van der Waals surface area contributed by atoms with Crippen LogP contribution in [0, 0.1) is 13.8 Å². The molecule has 0 saturated heterocycles. The number of nitrogens with zero attached hydrogens (tertiary/aromatic N) is 4. The zero-order chi connectivity index (χ0) is 15.7. The van der Waals surface area contributed by atoms with Crippen LogP contribution >= 0.6 is 0 Å². The van der Waals surface area contributed by atoms with Gasteiger partial charge in [0.2, 0.25) is 0 Å². The minimum atomic E-state index is -0.274. The molecule has 0 fully saturated rings. The SMILES string of the molecule is COc1ccccc1NC(=O)c1cn2nc(C)nc2nc1C. The number of fused-ring (bicyclic) bond motifs is 1. The predicted molar refractivity (Wildman–Crippen MR) is 81.2 cm³/mol. The zero-order valence-corrected chi connectivity index (χ0v) is 12.5. The van der Waals surface area contributed by atoms with Crippen molar-refractivity contribution in [2.24, 2.45) is 0 Å². The highest BCUT2D eigenvalue weighted by molar-refractivity contribution is 6.05. The van der Waals surface area contributed by atoms with Gasteiger partial charge in [-0.05, 0) is 26.0 Å². The van der Waals surface area contributed by atoms with Gasteiger partial charge in [-0.25, -0.2) is 9.50 Å². The van der Waals surface area contributed by atoms with E-state index in [4.69, 9.17) is 4.74 Å². The number of hydrogen-bond acceptors (Lipinski definition) is 5. The van der Waals surface area contributed by atoms with E-state index in [1.807, 2.05) is 12.1 Å². The van der Waals surface area contributed by atoms with E-state index in [2.05, 4.69) is 20.4 Å². The predicted octanol–water partition coefficient (Wildman–Crippen LogP) is 2.00. The van der Waals surface area contributed by atoms with Crippen molar-refractivity contribution in [3.05, 3.63) is 47.5 Å². The molecule has 0 unspecified atom stereocenters. The number of anilines is 1. The van der Waals surface area contributed by atoms with Gasteiger partial charge in [0.15, 0.2) is 0 Å². The fourth-order valence-electron chi connectivity index (χ4n) is 2.17. The number of amides is 1. The van der Waals surface area contributed by atoms with Crippen LogP contribution < -0.4 is 10.1 Å². The van der Waals surface area contributed by atoms with E-state index >= 15 is 0 Å². The van der Waals surface area contributed by atoms with Gasteiger partial charge in [0, 0.05) is 6.20 Å². The lowest BCUT2D eigenvalue weighted by Crippen LogP contribution is -2.16. The molecule has 22 heavy (non-hydrogen) atoms. The quantitative estimate of drug-likeness (QED) is 0.799. The zero-order valence-electron chi connectivity index (χ0n) is 12.5. The van der Waals surface area contributed by atoms with E-state index in [-0.39, 0.29) is 5.91 Å². The minimum absolute atomic E-state index is 0.274. The molecule has 7 nitrogen and oxygen atoms in total. The molecule has 0 atom stereocenters. The monoisotopic (exact) mass is 297 g/mol. The van der Waals surface area contributed by atoms with Gasteiger partial charge in [0.25, 0.3) is 11.7 Å². The second-order valence-electron chi connectivity index (χ2n) is 4.80. The number of benzene rings is 1. The normalized spacial score (nSPS) is 10.7. The molecule has 3 rings (SSSR count). The number of methoxy groups -OCH3 is 1. The minimum Gasteiger partial charge on any atom is -0.495 e. The summed E-state index contributed by atoms with van der Waals surface area (Å²) in [6.45, 7) is 3.54. The topological polar surface area (TPSA) is 81.4 Å².